The van der Waals surface area contributed by atoms with Crippen molar-refractivity contribution < 1.29 is 9.18 Å². The molecule has 0 saturated heterocycles. The van der Waals surface area contributed by atoms with Gasteiger partial charge in [-0.15, -0.1) is 0 Å². The van der Waals surface area contributed by atoms with E-state index in [9.17, 15) is 9.18 Å². The van der Waals surface area contributed by atoms with Crippen molar-refractivity contribution in [2.75, 3.05) is 5.32 Å². The topological polar surface area (TPSA) is 42.0 Å². The molecule has 1 aromatic carbocycles. The number of halogens is 2. The molecule has 1 N–H and O–H groups in total. The fraction of sp³-hybridized carbons (Fsp3) is 0.0769. The molecule has 92 valence electrons. The Morgan fingerprint density at radius 3 is 2.78 bits per heavy atom. The number of amides is 1. The van der Waals surface area contributed by atoms with E-state index < -0.39 is 11.7 Å². The summed E-state index contributed by atoms with van der Waals surface area (Å²) in [6.07, 6.45) is 0. The van der Waals surface area contributed by atoms with Gasteiger partial charge in [-0.3, -0.25) is 4.79 Å². The highest BCUT2D eigenvalue weighted by atomic mass is 79.9. The first kappa shape index (κ1) is 12.7. The zero-order valence-electron chi connectivity index (χ0n) is 9.58. The smallest absolute Gasteiger partial charge is 0.256 e. The van der Waals surface area contributed by atoms with Crippen LogP contribution in [0, 0.1) is 12.7 Å². The number of benzene rings is 1. The summed E-state index contributed by atoms with van der Waals surface area (Å²) in [4.78, 5) is 16.0. The number of hydrogen-bond donors (Lipinski definition) is 1. The lowest BCUT2D eigenvalue weighted by molar-refractivity contribution is 0.102. The van der Waals surface area contributed by atoms with Crippen molar-refractivity contribution in [3.05, 3.63) is 57.9 Å². The summed E-state index contributed by atoms with van der Waals surface area (Å²) in [6, 6.07) is 9.32. The Balaban J connectivity index is 2.22. The molecule has 1 amide bonds. The second kappa shape index (κ2) is 5.27. The maximum absolute atomic E-state index is 13.2. The monoisotopic (exact) mass is 308 g/mol. The zero-order valence-corrected chi connectivity index (χ0v) is 11.2. The number of anilines is 1. The Morgan fingerprint density at radius 1 is 1.33 bits per heavy atom. The minimum atomic E-state index is -0.466. The van der Waals surface area contributed by atoms with E-state index in [-0.39, 0.29) is 5.56 Å². The van der Waals surface area contributed by atoms with E-state index in [2.05, 4.69) is 26.2 Å². The average molecular weight is 309 g/mol. The minimum absolute atomic E-state index is 0.241. The average Bonchev–Trinajstić information content (AvgIpc) is 2.27. The Labute approximate surface area is 112 Å². The van der Waals surface area contributed by atoms with Crippen molar-refractivity contribution in [2.24, 2.45) is 0 Å². The molecule has 0 aliphatic heterocycles. The van der Waals surface area contributed by atoms with Crippen molar-refractivity contribution in [1.29, 1.82) is 0 Å². The number of carbonyl (C=O) groups excluding carboxylic acids is 1. The summed E-state index contributed by atoms with van der Waals surface area (Å²) in [5.41, 5.74) is 1.04. The molecule has 0 atom stereocenters. The van der Waals surface area contributed by atoms with Crippen LogP contribution in [0.25, 0.3) is 0 Å². The number of hydrogen-bond acceptors (Lipinski definition) is 2. The lowest BCUT2D eigenvalue weighted by atomic mass is 10.2. The molecule has 0 fully saturated rings. The van der Waals surface area contributed by atoms with E-state index in [0.717, 1.165) is 5.69 Å². The van der Waals surface area contributed by atoms with Crippen LogP contribution >= 0.6 is 15.9 Å². The molecule has 0 aliphatic carbocycles. The van der Waals surface area contributed by atoms with Gasteiger partial charge < -0.3 is 5.32 Å². The number of pyridine rings is 1. The summed E-state index contributed by atoms with van der Waals surface area (Å²) < 4.78 is 13.7. The first-order valence-corrected chi connectivity index (χ1v) is 6.05. The zero-order chi connectivity index (χ0) is 13.1. The quantitative estimate of drug-likeness (QED) is 0.922. The second-order valence-electron chi connectivity index (χ2n) is 3.78. The number of nitrogens with one attached hydrogen (secondary N) is 1. The number of rotatable bonds is 2. The van der Waals surface area contributed by atoms with Crippen LogP contribution in [0.5, 0.6) is 0 Å². The van der Waals surface area contributed by atoms with E-state index in [0.29, 0.717) is 10.3 Å². The maximum Gasteiger partial charge on any atom is 0.256 e. The van der Waals surface area contributed by atoms with Crippen molar-refractivity contribution in [3.8, 4) is 0 Å². The molecule has 0 saturated carbocycles. The molecule has 1 heterocycles. The van der Waals surface area contributed by atoms with Crippen molar-refractivity contribution in [3.63, 3.8) is 0 Å². The fourth-order valence-corrected chi connectivity index (χ4v) is 1.95. The summed E-state index contributed by atoms with van der Waals surface area (Å²) in [7, 11) is 0. The lowest BCUT2D eigenvalue weighted by Gasteiger charge is -2.05. The van der Waals surface area contributed by atoms with E-state index in [1.54, 1.807) is 18.2 Å². The first-order chi connectivity index (χ1) is 8.54. The number of aromatic nitrogens is 1. The van der Waals surface area contributed by atoms with Gasteiger partial charge in [-0.2, -0.15) is 0 Å². The summed E-state index contributed by atoms with van der Waals surface area (Å²) in [5.74, 6) is -0.416. The van der Waals surface area contributed by atoms with E-state index in [4.69, 9.17) is 0 Å². The largest absolute Gasteiger partial charge is 0.307 e. The Hall–Kier alpha value is -1.75. The Bertz CT molecular complexity index is 581. The van der Waals surface area contributed by atoms with E-state index >= 15 is 0 Å². The minimum Gasteiger partial charge on any atom is -0.307 e. The molecule has 0 spiro atoms. The summed E-state index contributed by atoms with van der Waals surface area (Å²) >= 11 is 3.14. The molecule has 3 nitrogen and oxygen atoms in total. The molecule has 18 heavy (non-hydrogen) atoms. The lowest BCUT2D eigenvalue weighted by Crippen LogP contribution is -2.13. The Morgan fingerprint density at radius 2 is 2.11 bits per heavy atom. The SMILES string of the molecule is Cc1cccc(NC(=O)c2cc(F)cc(Br)c2)n1. The van der Waals surface area contributed by atoms with Crippen LogP contribution in [0.2, 0.25) is 0 Å². The highest BCUT2D eigenvalue weighted by Gasteiger charge is 2.09. The van der Waals surface area contributed by atoms with Crippen molar-refractivity contribution in [2.45, 2.75) is 6.92 Å². The fourth-order valence-electron chi connectivity index (χ4n) is 1.49. The third-order valence-corrected chi connectivity index (χ3v) is 2.71. The molecule has 2 rings (SSSR count). The third-order valence-electron chi connectivity index (χ3n) is 2.25. The van der Waals surface area contributed by atoms with Gasteiger partial charge in [0.25, 0.3) is 5.91 Å². The van der Waals surface area contributed by atoms with Crippen LogP contribution in [0.1, 0.15) is 16.1 Å². The number of nitrogens with zero attached hydrogens (tertiary/aromatic N) is 1. The molecular formula is C13H10BrFN2O. The first-order valence-electron chi connectivity index (χ1n) is 5.26. The van der Waals surface area contributed by atoms with Gasteiger partial charge >= 0.3 is 0 Å². The Kier molecular flexibility index (Phi) is 3.72. The van der Waals surface area contributed by atoms with E-state index in [1.165, 1.54) is 12.1 Å². The molecule has 0 bridgehead atoms. The molecule has 2 aromatic rings. The molecule has 0 radical (unpaired) electrons. The molecular weight excluding hydrogens is 299 g/mol. The van der Waals surface area contributed by atoms with Gasteiger partial charge in [0.2, 0.25) is 0 Å². The van der Waals surface area contributed by atoms with Crippen LogP contribution in [-0.2, 0) is 0 Å². The number of aryl methyl sites for hydroxylation is 1. The third kappa shape index (κ3) is 3.13. The normalized spacial score (nSPS) is 10.2. The van der Waals surface area contributed by atoms with Gasteiger partial charge in [-0.05, 0) is 37.3 Å². The van der Waals surface area contributed by atoms with Crippen LogP contribution in [0.15, 0.2) is 40.9 Å². The van der Waals surface area contributed by atoms with Gasteiger partial charge in [-0.25, -0.2) is 9.37 Å². The van der Waals surface area contributed by atoms with E-state index in [1.807, 2.05) is 13.0 Å². The van der Waals surface area contributed by atoms with Crippen LogP contribution in [0.3, 0.4) is 0 Å². The second-order valence-corrected chi connectivity index (χ2v) is 4.69. The van der Waals surface area contributed by atoms with Gasteiger partial charge in [0.05, 0.1) is 0 Å². The van der Waals surface area contributed by atoms with Crippen molar-refractivity contribution in [1.82, 2.24) is 4.98 Å². The predicted molar refractivity (Wildman–Crippen MR) is 71.0 cm³/mol. The molecule has 5 heteroatoms. The molecule has 0 unspecified atom stereocenters. The standard InChI is InChI=1S/C13H10BrFN2O/c1-8-3-2-4-12(16-8)17-13(18)9-5-10(14)7-11(15)6-9/h2-7H,1H3,(H,16,17,18). The van der Waals surface area contributed by atoms with Crippen molar-refractivity contribution >= 4 is 27.7 Å². The van der Waals surface area contributed by atoms with Gasteiger partial charge in [0.1, 0.15) is 11.6 Å². The van der Waals surface area contributed by atoms with Gasteiger partial charge in [0.15, 0.2) is 0 Å². The maximum atomic E-state index is 13.2. The van der Waals surface area contributed by atoms with Gasteiger partial charge in [0, 0.05) is 15.7 Å². The van der Waals surface area contributed by atoms with Crippen LogP contribution in [0.4, 0.5) is 10.2 Å². The summed E-state index contributed by atoms with van der Waals surface area (Å²) in [6.45, 7) is 1.83. The highest BCUT2D eigenvalue weighted by Crippen LogP contribution is 2.16. The predicted octanol–water partition coefficient (Wildman–Crippen LogP) is 3.54. The highest BCUT2D eigenvalue weighted by molar-refractivity contribution is 9.10. The molecule has 0 aliphatic rings. The van der Waals surface area contributed by atoms with Crippen LogP contribution in [-0.4, -0.2) is 10.9 Å². The number of carbonyl (C=O) groups is 1. The summed E-state index contributed by atoms with van der Waals surface area (Å²) in [5, 5.41) is 2.62. The molecule has 1 aromatic heterocycles. The van der Waals surface area contributed by atoms with Gasteiger partial charge in [-0.1, -0.05) is 22.0 Å². The van der Waals surface area contributed by atoms with Crippen LogP contribution < -0.4 is 5.32 Å².